The van der Waals surface area contributed by atoms with Crippen LogP contribution in [0.25, 0.3) is 0 Å². The van der Waals surface area contributed by atoms with Crippen molar-refractivity contribution in [2.45, 2.75) is 0 Å². The molecule has 16 heavy (non-hydrogen) atoms. The number of thiophene rings is 1. The van der Waals surface area contributed by atoms with Crippen molar-refractivity contribution in [3.63, 3.8) is 0 Å². The van der Waals surface area contributed by atoms with Gasteiger partial charge in [-0.1, -0.05) is 18.2 Å². The minimum absolute atomic E-state index is 0.296. The van der Waals surface area contributed by atoms with Crippen LogP contribution >= 0.6 is 19.2 Å². The van der Waals surface area contributed by atoms with Gasteiger partial charge < -0.3 is 9.05 Å². The van der Waals surface area contributed by atoms with Gasteiger partial charge in [-0.25, -0.2) is 4.57 Å². The molecule has 0 amide bonds. The Labute approximate surface area is 96.7 Å². The van der Waals surface area contributed by atoms with Gasteiger partial charge in [-0.3, -0.25) is 4.89 Å². The first-order valence-corrected chi connectivity index (χ1v) is 6.84. The van der Waals surface area contributed by atoms with Crippen LogP contribution in [-0.2, 0) is 4.57 Å². The Balaban J connectivity index is 2.06. The fraction of sp³-hybridized carbons (Fsp3) is 0. The van der Waals surface area contributed by atoms with Crippen molar-refractivity contribution in [2.75, 3.05) is 0 Å². The van der Waals surface area contributed by atoms with Crippen molar-refractivity contribution in [1.29, 1.82) is 0 Å². The maximum absolute atomic E-state index is 11.6. The summed E-state index contributed by atoms with van der Waals surface area (Å²) in [5.74, 6) is 0.296. The Morgan fingerprint density at radius 1 is 1.06 bits per heavy atom. The molecule has 1 aromatic carbocycles. The lowest BCUT2D eigenvalue weighted by Crippen LogP contribution is -1.98. The quantitative estimate of drug-likeness (QED) is 0.852. The Bertz CT molecular complexity index is 483. The Morgan fingerprint density at radius 2 is 1.81 bits per heavy atom. The highest BCUT2D eigenvalue weighted by atomic mass is 32.1. The van der Waals surface area contributed by atoms with Gasteiger partial charge in [-0.15, -0.1) is 11.3 Å². The second kappa shape index (κ2) is 4.70. The van der Waals surface area contributed by atoms with E-state index in [-0.39, 0.29) is 0 Å². The number of phosphoric ester groups is 1. The molecule has 1 atom stereocenters. The van der Waals surface area contributed by atoms with Crippen LogP contribution in [0.4, 0.5) is 0 Å². The summed E-state index contributed by atoms with van der Waals surface area (Å²) in [6, 6.07) is 11.7. The van der Waals surface area contributed by atoms with E-state index in [9.17, 15) is 9.46 Å². The maximum Gasteiger partial charge on any atom is 0.585 e. The van der Waals surface area contributed by atoms with Crippen molar-refractivity contribution in [1.82, 2.24) is 0 Å². The average Bonchev–Trinajstić information content (AvgIpc) is 2.70. The topological polar surface area (TPSA) is 55.8 Å². The molecule has 1 unspecified atom stereocenters. The molecule has 0 bridgehead atoms. The van der Waals surface area contributed by atoms with Crippen LogP contribution in [-0.4, -0.2) is 4.89 Å². The Hall–Kier alpha value is -1.29. The predicted molar refractivity (Wildman–Crippen MR) is 61.8 cm³/mol. The van der Waals surface area contributed by atoms with E-state index >= 15 is 0 Å². The molecule has 4 nitrogen and oxygen atoms in total. The van der Waals surface area contributed by atoms with E-state index in [4.69, 9.17) is 9.05 Å². The molecule has 0 saturated heterocycles. The summed E-state index contributed by atoms with van der Waals surface area (Å²) in [4.78, 5) is 9.46. The molecular weight excluding hydrogens is 247 g/mol. The summed E-state index contributed by atoms with van der Waals surface area (Å²) >= 11 is 1.23. The van der Waals surface area contributed by atoms with Crippen LogP contribution in [0.2, 0.25) is 0 Å². The lowest BCUT2D eigenvalue weighted by molar-refractivity contribution is 0.294. The molecule has 0 aliphatic carbocycles. The molecule has 0 radical (unpaired) electrons. The third-order valence-electron chi connectivity index (χ3n) is 1.66. The molecule has 2 aromatic rings. The monoisotopic (exact) mass is 256 g/mol. The van der Waals surface area contributed by atoms with Crippen molar-refractivity contribution in [2.24, 2.45) is 0 Å². The van der Waals surface area contributed by atoms with Crippen molar-refractivity contribution in [3.05, 3.63) is 47.8 Å². The van der Waals surface area contributed by atoms with Crippen LogP contribution in [0.5, 0.6) is 10.8 Å². The molecule has 1 aromatic heterocycles. The van der Waals surface area contributed by atoms with Gasteiger partial charge in [0.15, 0.2) is 5.06 Å². The molecule has 0 aliphatic rings. The molecule has 1 N–H and O–H groups in total. The number of rotatable bonds is 4. The van der Waals surface area contributed by atoms with Gasteiger partial charge in [0.25, 0.3) is 0 Å². The molecule has 2 rings (SSSR count). The number of benzene rings is 1. The normalized spacial score (nSPS) is 14.1. The van der Waals surface area contributed by atoms with E-state index in [0.29, 0.717) is 10.8 Å². The van der Waals surface area contributed by atoms with Gasteiger partial charge in [-0.05, 0) is 29.6 Å². The highest BCUT2D eigenvalue weighted by molar-refractivity contribution is 7.48. The van der Waals surface area contributed by atoms with Crippen molar-refractivity contribution >= 4 is 19.2 Å². The van der Waals surface area contributed by atoms with Crippen LogP contribution in [0.3, 0.4) is 0 Å². The number of para-hydroxylation sites is 1. The molecule has 0 aliphatic heterocycles. The van der Waals surface area contributed by atoms with Crippen LogP contribution < -0.4 is 9.05 Å². The zero-order chi connectivity index (χ0) is 11.4. The summed E-state index contributed by atoms with van der Waals surface area (Å²) in [7, 11) is -4.09. The van der Waals surface area contributed by atoms with E-state index in [2.05, 4.69) is 0 Å². The molecule has 1 heterocycles. The predicted octanol–water partition coefficient (Wildman–Crippen LogP) is 3.31. The molecule has 0 fully saturated rings. The zero-order valence-corrected chi connectivity index (χ0v) is 9.86. The lowest BCUT2D eigenvalue weighted by Gasteiger charge is -2.11. The third-order valence-corrected chi connectivity index (χ3v) is 3.40. The number of phosphoric acid groups is 1. The van der Waals surface area contributed by atoms with Gasteiger partial charge in [-0.2, -0.15) is 0 Å². The van der Waals surface area contributed by atoms with E-state index in [1.807, 2.05) is 0 Å². The summed E-state index contributed by atoms with van der Waals surface area (Å²) in [5.41, 5.74) is 0. The van der Waals surface area contributed by atoms with Gasteiger partial charge in [0.05, 0.1) is 0 Å². The van der Waals surface area contributed by atoms with Gasteiger partial charge >= 0.3 is 7.82 Å². The number of hydrogen-bond donors (Lipinski definition) is 1. The van der Waals surface area contributed by atoms with Gasteiger partial charge in [0.1, 0.15) is 5.75 Å². The number of hydrogen-bond acceptors (Lipinski definition) is 4. The summed E-state index contributed by atoms with van der Waals surface area (Å²) in [6.07, 6.45) is 0. The molecule has 6 heteroatoms. The Morgan fingerprint density at radius 3 is 2.44 bits per heavy atom. The standard InChI is InChI=1S/C10H9O4PS/c11-15(12,14-10-7-4-8-16-10)13-9-5-2-1-3-6-9/h1-8H,(H,11,12). The van der Waals surface area contributed by atoms with Crippen LogP contribution in [0.15, 0.2) is 47.8 Å². The van der Waals surface area contributed by atoms with Crippen LogP contribution in [0.1, 0.15) is 0 Å². The maximum atomic E-state index is 11.6. The molecule has 0 spiro atoms. The molecule has 84 valence electrons. The Kier molecular flexibility index (Phi) is 3.29. The first-order chi connectivity index (χ1) is 7.66. The van der Waals surface area contributed by atoms with Gasteiger partial charge in [0.2, 0.25) is 0 Å². The first-order valence-electron chi connectivity index (χ1n) is 4.46. The molecular formula is C10H9O4PS. The smallest absolute Gasteiger partial charge is 0.395 e. The first kappa shape index (κ1) is 11.2. The van der Waals surface area contributed by atoms with E-state index < -0.39 is 7.82 Å². The third kappa shape index (κ3) is 3.10. The minimum atomic E-state index is -4.09. The second-order valence-electron chi connectivity index (χ2n) is 2.90. The van der Waals surface area contributed by atoms with Gasteiger partial charge in [0, 0.05) is 0 Å². The summed E-state index contributed by atoms with van der Waals surface area (Å²) < 4.78 is 21.3. The fourth-order valence-corrected chi connectivity index (χ4v) is 2.68. The van der Waals surface area contributed by atoms with E-state index in [1.165, 1.54) is 11.3 Å². The van der Waals surface area contributed by atoms with E-state index in [1.54, 1.807) is 47.8 Å². The molecule has 0 saturated carbocycles. The fourth-order valence-electron chi connectivity index (χ4n) is 1.06. The SMILES string of the molecule is O=P(O)(Oc1ccccc1)Oc1cccs1. The highest BCUT2D eigenvalue weighted by Crippen LogP contribution is 2.45. The minimum Gasteiger partial charge on any atom is -0.395 e. The van der Waals surface area contributed by atoms with Crippen LogP contribution in [0, 0.1) is 0 Å². The summed E-state index contributed by atoms with van der Waals surface area (Å²) in [6.45, 7) is 0. The second-order valence-corrected chi connectivity index (χ2v) is 5.11. The highest BCUT2D eigenvalue weighted by Gasteiger charge is 2.25. The summed E-state index contributed by atoms with van der Waals surface area (Å²) in [5, 5.41) is 2.10. The average molecular weight is 256 g/mol. The lowest BCUT2D eigenvalue weighted by atomic mass is 10.3. The van der Waals surface area contributed by atoms with Crippen molar-refractivity contribution in [3.8, 4) is 10.8 Å². The van der Waals surface area contributed by atoms with Crippen molar-refractivity contribution < 1.29 is 18.5 Å². The van der Waals surface area contributed by atoms with E-state index in [0.717, 1.165) is 0 Å². The zero-order valence-electron chi connectivity index (χ0n) is 8.15. The largest absolute Gasteiger partial charge is 0.585 e.